The van der Waals surface area contributed by atoms with E-state index < -0.39 is 0 Å². The number of likely N-dealkylation sites (N-methyl/N-ethyl adjacent to an activating group) is 1. The topological polar surface area (TPSA) is 58.9 Å². The van der Waals surface area contributed by atoms with Crippen molar-refractivity contribution in [3.63, 3.8) is 0 Å². The molecule has 134 valence electrons. The van der Waals surface area contributed by atoms with Crippen molar-refractivity contribution in [3.05, 3.63) is 45.9 Å². The third-order valence-corrected chi connectivity index (χ3v) is 5.04. The monoisotopic (exact) mass is 398 g/mol. The van der Waals surface area contributed by atoms with Crippen molar-refractivity contribution in [1.82, 2.24) is 20.4 Å². The van der Waals surface area contributed by atoms with Gasteiger partial charge in [0.05, 0.1) is 16.3 Å². The Bertz CT molecular complexity index is 858. The summed E-state index contributed by atoms with van der Waals surface area (Å²) in [6, 6.07) is 9.43. The highest BCUT2D eigenvalue weighted by atomic mass is 35.5. The van der Waals surface area contributed by atoms with Gasteiger partial charge in [0, 0.05) is 23.5 Å². The summed E-state index contributed by atoms with van der Waals surface area (Å²) in [5.74, 6) is -0.0452. The highest BCUT2D eigenvalue weighted by molar-refractivity contribution is 7.20. The number of halogens is 2. The Hall–Kier alpha value is -1.60. The summed E-state index contributed by atoms with van der Waals surface area (Å²) in [7, 11) is 0. The van der Waals surface area contributed by atoms with E-state index in [1.807, 2.05) is 48.9 Å². The number of carbonyl (C=O) groups is 1. The molecule has 3 rings (SSSR count). The molecule has 2 N–H and O–H groups in total. The fraction of sp³-hybridized carbons (Fsp3) is 0.294. The number of amides is 1. The zero-order valence-corrected chi connectivity index (χ0v) is 16.4. The van der Waals surface area contributed by atoms with Gasteiger partial charge in [0.15, 0.2) is 0 Å². The van der Waals surface area contributed by atoms with Crippen LogP contribution in [0.3, 0.4) is 0 Å². The highest BCUT2D eigenvalue weighted by Crippen LogP contribution is 2.30. The summed E-state index contributed by atoms with van der Waals surface area (Å²) in [5.41, 5.74) is 1.83. The molecule has 5 nitrogen and oxygen atoms in total. The molecule has 8 heteroatoms. The third kappa shape index (κ3) is 4.33. The summed E-state index contributed by atoms with van der Waals surface area (Å²) in [6.45, 7) is 6.27. The molecule has 1 amide bonds. The van der Waals surface area contributed by atoms with Crippen molar-refractivity contribution in [2.75, 3.05) is 19.6 Å². The summed E-state index contributed by atoms with van der Waals surface area (Å²) in [4.78, 5) is 14.0. The lowest BCUT2D eigenvalue weighted by Gasteiger charge is -2.04. The second-order valence-corrected chi connectivity index (χ2v) is 6.88. The number of carbonyl (C=O) groups excluding carboxylic acids is 1. The summed E-state index contributed by atoms with van der Waals surface area (Å²) in [5, 5.41) is 12.4. The first-order chi connectivity index (χ1) is 11.6. The van der Waals surface area contributed by atoms with E-state index in [9.17, 15) is 4.79 Å². The Morgan fingerprint density at radius 3 is 2.68 bits per heavy atom. The molecule has 0 aliphatic rings. The molecule has 3 aromatic rings. The zero-order chi connectivity index (χ0) is 17.1. The average Bonchev–Trinajstić information content (AvgIpc) is 3.13. The van der Waals surface area contributed by atoms with Gasteiger partial charge in [0.25, 0.3) is 5.91 Å². The number of aryl methyl sites for hydroxylation is 1. The van der Waals surface area contributed by atoms with Crippen LogP contribution in [0.15, 0.2) is 30.3 Å². The number of fused-ring (bicyclic) bond motifs is 1. The predicted octanol–water partition coefficient (Wildman–Crippen LogP) is 3.81. The number of hydrogen-bond donors (Lipinski definition) is 2. The molecular weight excluding hydrogens is 379 g/mol. The lowest BCUT2D eigenvalue weighted by molar-refractivity contribution is 0.0958. The fourth-order valence-corrected chi connectivity index (χ4v) is 3.67. The van der Waals surface area contributed by atoms with E-state index in [1.165, 1.54) is 11.3 Å². The van der Waals surface area contributed by atoms with Crippen LogP contribution in [0.4, 0.5) is 0 Å². The van der Waals surface area contributed by atoms with Crippen LogP contribution in [-0.2, 0) is 0 Å². The molecule has 0 aliphatic heterocycles. The standard InChI is InChI=1S/C17H19ClN4OS.ClH/c1-3-19-8-9-20-16(23)15-10-14-11(2)21-22(17(14)24-15)13-6-4-12(18)5-7-13;/h4-7,10,19H,3,8-9H2,1-2H3,(H,20,23);1H. The van der Waals surface area contributed by atoms with Crippen LogP contribution in [0.2, 0.25) is 5.02 Å². The van der Waals surface area contributed by atoms with Gasteiger partial charge in [-0.05, 0) is 43.8 Å². The Morgan fingerprint density at radius 1 is 1.28 bits per heavy atom. The van der Waals surface area contributed by atoms with E-state index in [-0.39, 0.29) is 18.3 Å². The highest BCUT2D eigenvalue weighted by Gasteiger charge is 2.16. The van der Waals surface area contributed by atoms with Gasteiger partial charge >= 0.3 is 0 Å². The first-order valence-corrected chi connectivity index (χ1v) is 9.03. The minimum atomic E-state index is -0.0452. The Morgan fingerprint density at radius 2 is 2.00 bits per heavy atom. The van der Waals surface area contributed by atoms with E-state index in [0.717, 1.165) is 34.7 Å². The van der Waals surface area contributed by atoms with Crippen LogP contribution in [0.1, 0.15) is 22.3 Å². The Labute approximate surface area is 161 Å². The number of benzene rings is 1. The molecule has 0 saturated carbocycles. The molecule has 0 spiro atoms. The van der Waals surface area contributed by atoms with Gasteiger partial charge in [0.2, 0.25) is 0 Å². The molecule has 0 atom stereocenters. The van der Waals surface area contributed by atoms with Crippen LogP contribution >= 0.6 is 35.3 Å². The fourth-order valence-electron chi connectivity index (χ4n) is 2.44. The molecule has 2 heterocycles. The van der Waals surface area contributed by atoms with Crippen LogP contribution < -0.4 is 10.6 Å². The van der Waals surface area contributed by atoms with E-state index in [2.05, 4.69) is 15.7 Å². The molecule has 1 aromatic carbocycles. The Balaban J connectivity index is 0.00000225. The maximum atomic E-state index is 12.3. The van der Waals surface area contributed by atoms with Crippen molar-refractivity contribution < 1.29 is 4.79 Å². The van der Waals surface area contributed by atoms with E-state index >= 15 is 0 Å². The summed E-state index contributed by atoms with van der Waals surface area (Å²) < 4.78 is 1.86. The molecule has 0 unspecified atom stereocenters. The van der Waals surface area contributed by atoms with Gasteiger partial charge in [-0.1, -0.05) is 18.5 Å². The molecular formula is C17H20Cl2N4OS. The van der Waals surface area contributed by atoms with Crippen LogP contribution in [-0.4, -0.2) is 35.3 Å². The van der Waals surface area contributed by atoms with Gasteiger partial charge in [-0.3, -0.25) is 4.79 Å². The smallest absolute Gasteiger partial charge is 0.261 e. The number of aromatic nitrogens is 2. The van der Waals surface area contributed by atoms with Crippen LogP contribution in [0.5, 0.6) is 0 Å². The summed E-state index contributed by atoms with van der Waals surface area (Å²) in [6.07, 6.45) is 0. The average molecular weight is 399 g/mol. The molecule has 0 saturated heterocycles. The molecule has 0 fully saturated rings. The van der Waals surface area contributed by atoms with Crippen molar-refractivity contribution in [2.24, 2.45) is 0 Å². The van der Waals surface area contributed by atoms with E-state index in [4.69, 9.17) is 11.6 Å². The lowest BCUT2D eigenvalue weighted by atomic mass is 10.3. The minimum absolute atomic E-state index is 0. The van der Waals surface area contributed by atoms with Gasteiger partial charge < -0.3 is 10.6 Å². The quantitative estimate of drug-likeness (QED) is 0.620. The molecule has 2 aromatic heterocycles. The van der Waals surface area contributed by atoms with E-state index in [0.29, 0.717) is 16.4 Å². The SMILES string of the molecule is CCNCCNC(=O)c1cc2c(C)nn(-c3ccc(Cl)cc3)c2s1.Cl. The first-order valence-electron chi connectivity index (χ1n) is 7.84. The van der Waals surface area contributed by atoms with Gasteiger partial charge in [-0.15, -0.1) is 23.7 Å². The molecule has 0 bridgehead atoms. The third-order valence-electron chi connectivity index (χ3n) is 3.68. The van der Waals surface area contributed by atoms with Crippen molar-refractivity contribution in [3.8, 4) is 5.69 Å². The van der Waals surface area contributed by atoms with Crippen molar-refractivity contribution in [1.29, 1.82) is 0 Å². The first kappa shape index (κ1) is 19.7. The number of nitrogens with zero attached hydrogens (tertiary/aromatic N) is 2. The van der Waals surface area contributed by atoms with Gasteiger partial charge in [-0.2, -0.15) is 5.10 Å². The number of hydrogen-bond acceptors (Lipinski definition) is 4. The lowest BCUT2D eigenvalue weighted by Crippen LogP contribution is -2.31. The van der Waals surface area contributed by atoms with Crippen LogP contribution in [0.25, 0.3) is 15.9 Å². The predicted molar refractivity (Wildman–Crippen MR) is 107 cm³/mol. The molecule has 0 aliphatic carbocycles. The van der Waals surface area contributed by atoms with Crippen LogP contribution in [0, 0.1) is 6.92 Å². The largest absolute Gasteiger partial charge is 0.350 e. The van der Waals surface area contributed by atoms with Gasteiger partial charge in [0.1, 0.15) is 4.83 Å². The molecule has 0 radical (unpaired) electrons. The van der Waals surface area contributed by atoms with E-state index in [1.54, 1.807) is 0 Å². The second-order valence-electron chi connectivity index (χ2n) is 5.41. The zero-order valence-electron chi connectivity index (χ0n) is 14.0. The normalized spacial score (nSPS) is 10.7. The minimum Gasteiger partial charge on any atom is -0.350 e. The second kappa shape index (κ2) is 8.67. The number of rotatable bonds is 6. The number of nitrogens with one attached hydrogen (secondary N) is 2. The van der Waals surface area contributed by atoms with Crippen molar-refractivity contribution in [2.45, 2.75) is 13.8 Å². The van der Waals surface area contributed by atoms with Gasteiger partial charge in [-0.25, -0.2) is 4.68 Å². The summed E-state index contributed by atoms with van der Waals surface area (Å²) >= 11 is 7.40. The maximum absolute atomic E-state index is 12.3. The maximum Gasteiger partial charge on any atom is 0.261 e. The van der Waals surface area contributed by atoms with Crippen molar-refractivity contribution >= 4 is 51.5 Å². The Kier molecular flexibility index (Phi) is 6.84. The number of thiophene rings is 1. The molecule has 25 heavy (non-hydrogen) atoms.